The Kier molecular flexibility index (Phi) is 3.01. The summed E-state index contributed by atoms with van der Waals surface area (Å²) in [4.78, 5) is 3.75. The summed E-state index contributed by atoms with van der Waals surface area (Å²) in [5, 5.41) is 0.821. The van der Waals surface area contributed by atoms with Crippen molar-refractivity contribution in [2.75, 3.05) is 11.6 Å². The first kappa shape index (κ1) is 10.8. The summed E-state index contributed by atoms with van der Waals surface area (Å²) in [6.07, 6.45) is 5.40. The Morgan fingerprint density at radius 2 is 2.12 bits per heavy atom. The van der Waals surface area contributed by atoms with Gasteiger partial charge in [-0.05, 0) is 43.0 Å². The summed E-state index contributed by atoms with van der Waals surface area (Å²) in [6, 6.07) is 6.92. The fourth-order valence-corrected chi connectivity index (χ4v) is 3.69. The predicted molar refractivity (Wildman–Crippen MR) is 70.0 cm³/mol. The minimum absolute atomic E-state index is 0.716. The lowest BCUT2D eigenvalue weighted by atomic mass is 10.2. The number of halogens is 1. The second-order valence-electron chi connectivity index (χ2n) is 4.42. The van der Waals surface area contributed by atoms with Crippen molar-refractivity contribution >= 4 is 29.2 Å². The van der Waals surface area contributed by atoms with Gasteiger partial charge in [-0.15, -0.1) is 0 Å². The maximum absolute atomic E-state index is 6.02. The van der Waals surface area contributed by atoms with Crippen LogP contribution in [0, 0.1) is 0 Å². The Labute approximate surface area is 105 Å². The molecule has 3 rings (SSSR count). The van der Waals surface area contributed by atoms with Crippen LogP contribution in [-0.2, 0) is 0 Å². The lowest BCUT2D eigenvalue weighted by molar-refractivity contribution is 0.593. The molecule has 1 heterocycles. The van der Waals surface area contributed by atoms with Gasteiger partial charge in [0.1, 0.15) is 0 Å². The molecule has 4 heteroatoms. The molecule has 0 saturated heterocycles. The van der Waals surface area contributed by atoms with Crippen LogP contribution in [0.2, 0.25) is 5.02 Å². The van der Waals surface area contributed by atoms with Crippen LogP contribution in [-0.4, -0.2) is 12.7 Å². The number of hydrogen-bond donors (Lipinski definition) is 1. The number of fused-ring (bicyclic) bond motifs is 1. The summed E-state index contributed by atoms with van der Waals surface area (Å²) in [7, 11) is 0. The number of anilines is 1. The Bertz CT molecular complexity index is 391. The molecule has 0 atom stereocenters. The van der Waals surface area contributed by atoms with E-state index in [2.05, 4.69) is 21.8 Å². The Hall–Kier alpha value is -0.380. The van der Waals surface area contributed by atoms with Crippen LogP contribution >= 0.6 is 23.5 Å². The maximum atomic E-state index is 6.02. The Morgan fingerprint density at radius 1 is 1.31 bits per heavy atom. The van der Waals surface area contributed by atoms with Gasteiger partial charge in [-0.25, -0.2) is 4.72 Å². The van der Waals surface area contributed by atoms with Gasteiger partial charge in [0.2, 0.25) is 0 Å². The third-order valence-electron chi connectivity index (χ3n) is 3.41. The van der Waals surface area contributed by atoms with Crippen LogP contribution in [0.15, 0.2) is 23.1 Å². The molecule has 16 heavy (non-hydrogen) atoms. The van der Waals surface area contributed by atoms with Gasteiger partial charge in [0, 0.05) is 16.0 Å². The van der Waals surface area contributed by atoms with Crippen molar-refractivity contribution in [3.63, 3.8) is 0 Å². The van der Waals surface area contributed by atoms with Gasteiger partial charge in [0.15, 0.2) is 0 Å². The van der Waals surface area contributed by atoms with E-state index in [9.17, 15) is 0 Å². The first-order valence-electron chi connectivity index (χ1n) is 5.80. The van der Waals surface area contributed by atoms with E-state index < -0.39 is 0 Å². The van der Waals surface area contributed by atoms with Crippen LogP contribution in [0.1, 0.15) is 25.7 Å². The largest absolute Gasteiger partial charge is 0.354 e. The number of nitrogens with zero attached hydrogens (tertiary/aromatic N) is 1. The van der Waals surface area contributed by atoms with Crippen molar-refractivity contribution in [3.05, 3.63) is 23.2 Å². The van der Waals surface area contributed by atoms with Crippen molar-refractivity contribution in [3.8, 4) is 0 Å². The van der Waals surface area contributed by atoms with Gasteiger partial charge in [-0.2, -0.15) is 0 Å². The molecule has 1 N–H and O–H groups in total. The molecule has 0 radical (unpaired) electrons. The Morgan fingerprint density at radius 3 is 2.94 bits per heavy atom. The van der Waals surface area contributed by atoms with Gasteiger partial charge in [0.25, 0.3) is 0 Å². The fraction of sp³-hybridized carbons (Fsp3) is 0.500. The summed E-state index contributed by atoms with van der Waals surface area (Å²) >= 11 is 7.71. The van der Waals surface area contributed by atoms with E-state index >= 15 is 0 Å². The van der Waals surface area contributed by atoms with E-state index in [-0.39, 0.29) is 0 Å². The third kappa shape index (κ3) is 1.92. The summed E-state index contributed by atoms with van der Waals surface area (Å²) in [6.45, 7) is 0.948. The summed E-state index contributed by atoms with van der Waals surface area (Å²) in [5.41, 5.74) is 1.35. The van der Waals surface area contributed by atoms with Crippen molar-refractivity contribution in [2.24, 2.45) is 0 Å². The highest BCUT2D eigenvalue weighted by Crippen LogP contribution is 2.38. The standard InChI is InChI=1S/C12H15ClN2S/c13-9-5-6-11-12(7-9)16-14-8-15(11)10-3-1-2-4-10/h5-7,10,14H,1-4,8H2. The molecule has 0 bridgehead atoms. The molecule has 1 aliphatic carbocycles. The quantitative estimate of drug-likeness (QED) is 0.770. The molecule has 2 nitrogen and oxygen atoms in total. The normalized spacial score (nSPS) is 21.2. The molecule has 86 valence electrons. The molecule has 1 aliphatic heterocycles. The number of rotatable bonds is 1. The SMILES string of the molecule is Clc1ccc2c(c1)SNCN2C1CCCC1. The smallest absolute Gasteiger partial charge is 0.0781 e. The van der Waals surface area contributed by atoms with E-state index in [1.165, 1.54) is 36.3 Å². The molecule has 2 aliphatic rings. The van der Waals surface area contributed by atoms with E-state index in [1.807, 2.05) is 6.07 Å². The minimum Gasteiger partial charge on any atom is -0.354 e. The number of hydrogen-bond acceptors (Lipinski definition) is 3. The molecule has 0 amide bonds. The maximum Gasteiger partial charge on any atom is 0.0781 e. The molecule has 0 aromatic heterocycles. The zero-order valence-electron chi connectivity index (χ0n) is 9.08. The molecule has 1 saturated carbocycles. The third-order valence-corrected chi connectivity index (χ3v) is 4.47. The van der Waals surface area contributed by atoms with Crippen molar-refractivity contribution in [1.29, 1.82) is 0 Å². The van der Waals surface area contributed by atoms with Gasteiger partial charge >= 0.3 is 0 Å². The summed E-state index contributed by atoms with van der Waals surface area (Å²) < 4.78 is 3.38. The monoisotopic (exact) mass is 254 g/mol. The van der Waals surface area contributed by atoms with Gasteiger partial charge < -0.3 is 4.90 Å². The highest BCUT2D eigenvalue weighted by atomic mass is 35.5. The molecule has 0 unspecified atom stereocenters. The average molecular weight is 255 g/mol. The van der Waals surface area contributed by atoms with Crippen LogP contribution < -0.4 is 9.62 Å². The molecule has 1 fully saturated rings. The lowest BCUT2D eigenvalue weighted by Crippen LogP contribution is -2.41. The molecule has 1 aromatic rings. The van der Waals surface area contributed by atoms with Gasteiger partial charge in [0.05, 0.1) is 12.4 Å². The van der Waals surface area contributed by atoms with Crippen LogP contribution in [0.3, 0.4) is 0 Å². The van der Waals surface area contributed by atoms with Crippen molar-refractivity contribution in [2.45, 2.75) is 36.6 Å². The Balaban J connectivity index is 1.93. The van der Waals surface area contributed by atoms with E-state index in [0.717, 1.165) is 11.7 Å². The van der Waals surface area contributed by atoms with Crippen LogP contribution in [0.5, 0.6) is 0 Å². The number of nitrogens with one attached hydrogen (secondary N) is 1. The highest BCUT2D eigenvalue weighted by Gasteiger charge is 2.26. The van der Waals surface area contributed by atoms with E-state index in [4.69, 9.17) is 11.6 Å². The summed E-state index contributed by atoms with van der Waals surface area (Å²) in [5.74, 6) is 0. The zero-order valence-corrected chi connectivity index (χ0v) is 10.7. The minimum atomic E-state index is 0.716. The highest BCUT2D eigenvalue weighted by molar-refractivity contribution is 7.97. The van der Waals surface area contributed by atoms with Gasteiger partial charge in [-0.3, -0.25) is 0 Å². The molecular formula is C12H15ClN2S. The first-order chi connectivity index (χ1) is 7.84. The molecule has 1 aromatic carbocycles. The van der Waals surface area contributed by atoms with Crippen molar-refractivity contribution < 1.29 is 0 Å². The molecular weight excluding hydrogens is 240 g/mol. The van der Waals surface area contributed by atoms with Crippen LogP contribution in [0.25, 0.3) is 0 Å². The van der Waals surface area contributed by atoms with E-state index in [1.54, 1.807) is 11.9 Å². The van der Waals surface area contributed by atoms with E-state index in [0.29, 0.717) is 6.04 Å². The zero-order chi connectivity index (χ0) is 11.0. The number of benzene rings is 1. The topological polar surface area (TPSA) is 15.3 Å². The average Bonchev–Trinajstić information content (AvgIpc) is 2.81. The van der Waals surface area contributed by atoms with Crippen LogP contribution in [0.4, 0.5) is 5.69 Å². The van der Waals surface area contributed by atoms with Crippen molar-refractivity contribution in [1.82, 2.24) is 4.72 Å². The predicted octanol–water partition coefficient (Wildman–Crippen LogP) is 3.66. The fourth-order valence-electron chi connectivity index (χ4n) is 2.61. The van der Waals surface area contributed by atoms with Gasteiger partial charge in [-0.1, -0.05) is 24.4 Å². The second-order valence-corrected chi connectivity index (χ2v) is 5.79. The lowest BCUT2D eigenvalue weighted by Gasteiger charge is -2.36. The molecule has 0 spiro atoms. The second kappa shape index (κ2) is 4.47. The first-order valence-corrected chi connectivity index (χ1v) is 7.00.